The standard InChI is InChI=1S/C8H4F6INO2/c1-17-5-4(7(9,10)11)3(15)2-16-6(5)18-8(12,13)14/h2H,1H3. The minimum Gasteiger partial charge on any atom is -0.491 e. The molecule has 0 spiro atoms. The van der Waals surface area contributed by atoms with E-state index in [0.717, 1.165) is 7.11 Å². The second-order valence-corrected chi connectivity index (χ2v) is 4.03. The van der Waals surface area contributed by atoms with Gasteiger partial charge >= 0.3 is 12.5 Å². The predicted octanol–water partition coefficient (Wildman–Crippen LogP) is 3.61. The van der Waals surface area contributed by atoms with E-state index < -0.39 is 33.3 Å². The highest BCUT2D eigenvalue weighted by molar-refractivity contribution is 14.1. The van der Waals surface area contributed by atoms with Crippen molar-refractivity contribution in [3.8, 4) is 11.6 Å². The maximum atomic E-state index is 12.7. The molecule has 1 heterocycles. The lowest BCUT2D eigenvalue weighted by Gasteiger charge is -2.17. The first kappa shape index (κ1) is 15.1. The molecule has 10 heteroatoms. The van der Waals surface area contributed by atoms with Crippen molar-refractivity contribution in [2.24, 2.45) is 0 Å². The molecular weight excluding hydrogens is 383 g/mol. The molecule has 0 amide bonds. The van der Waals surface area contributed by atoms with Crippen LogP contribution in [-0.4, -0.2) is 18.5 Å². The Morgan fingerprint density at radius 2 is 1.72 bits per heavy atom. The highest BCUT2D eigenvalue weighted by Gasteiger charge is 2.41. The van der Waals surface area contributed by atoms with Gasteiger partial charge in [0.2, 0.25) is 0 Å². The van der Waals surface area contributed by atoms with E-state index in [1.165, 1.54) is 22.6 Å². The summed E-state index contributed by atoms with van der Waals surface area (Å²) in [6.07, 6.45) is -9.42. The van der Waals surface area contributed by atoms with Gasteiger partial charge in [-0.1, -0.05) is 0 Å². The van der Waals surface area contributed by atoms with Crippen LogP contribution in [-0.2, 0) is 6.18 Å². The Morgan fingerprint density at radius 3 is 2.11 bits per heavy atom. The summed E-state index contributed by atoms with van der Waals surface area (Å²) in [5.74, 6) is -2.38. The monoisotopic (exact) mass is 387 g/mol. The number of hydrogen-bond donors (Lipinski definition) is 0. The SMILES string of the molecule is COc1c(OC(F)(F)F)ncc(I)c1C(F)(F)F. The highest BCUT2D eigenvalue weighted by atomic mass is 127. The van der Waals surface area contributed by atoms with Crippen molar-refractivity contribution in [3.05, 3.63) is 15.3 Å². The van der Waals surface area contributed by atoms with Gasteiger partial charge in [-0.3, -0.25) is 0 Å². The molecule has 1 aromatic rings. The Bertz CT molecular complexity index is 444. The van der Waals surface area contributed by atoms with Crippen molar-refractivity contribution >= 4 is 22.6 Å². The lowest BCUT2D eigenvalue weighted by atomic mass is 10.2. The largest absolute Gasteiger partial charge is 0.574 e. The summed E-state index contributed by atoms with van der Waals surface area (Å²) >= 11 is 1.29. The molecule has 18 heavy (non-hydrogen) atoms. The number of ether oxygens (including phenoxy) is 2. The molecule has 0 aliphatic rings. The van der Waals surface area contributed by atoms with E-state index in [-0.39, 0.29) is 0 Å². The van der Waals surface area contributed by atoms with Crippen LogP contribution in [0.4, 0.5) is 26.3 Å². The Morgan fingerprint density at radius 1 is 1.17 bits per heavy atom. The zero-order valence-electron chi connectivity index (χ0n) is 8.49. The van der Waals surface area contributed by atoms with Gasteiger partial charge in [0.05, 0.1) is 7.11 Å². The van der Waals surface area contributed by atoms with Crippen LogP contribution in [0.25, 0.3) is 0 Å². The first-order valence-corrected chi connectivity index (χ1v) is 5.19. The maximum absolute atomic E-state index is 12.7. The Hall–Kier alpha value is -0.940. The second kappa shape index (κ2) is 4.97. The van der Waals surface area contributed by atoms with E-state index in [1.54, 1.807) is 0 Å². The van der Waals surface area contributed by atoms with E-state index in [4.69, 9.17) is 0 Å². The van der Waals surface area contributed by atoms with Crippen LogP contribution in [0.3, 0.4) is 0 Å². The van der Waals surface area contributed by atoms with Crippen LogP contribution in [0.1, 0.15) is 5.56 Å². The van der Waals surface area contributed by atoms with Gasteiger partial charge in [-0.15, -0.1) is 13.2 Å². The van der Waals surface area contributed by atoms with Crippen LogP contribution in [0.2, 0.25) is 0 Å². The van der Waals surface area contributed by atoms with Crippen molar-refractivity contribution in [1.29, 1.82) is 0 Å². The molecule has 0 aliphatic carbocycles. The smallest absolute Gasteiger partial charge is 0.491 e. The quantitative estimate of drug-likeness (QED) is 0.574. The summed E-state index contributed by atoms with van der Waals surface area (Å²) in [4.78, 5) is 3.13. The minimum atomic E-state index is -5.16. The molecule has 0 radical (unpaired) electrons. The third-order valence-electron chi connectivity index (χ3n) is 1.66. The van der Waals surface area contributed by atoms with Crippen molar-refractivity contribution in [3.63, 3.8) is 0 Å². The Balaban J connectivity index is 3.39. The Labute approximate surface area is 110 Å². The van der Waals surface area contributed by atoms with E-state index >= 15 is 0 Å². The van der Waals surface area contributed by atoms with Crippen molar-refractivity contribution in [1.82, 2.24) is 4.98 Å². The van der Waals surface area contributed by atoms with Crippen LogP contribution in [0.15, 0.2) is 6.20 Å². The fraction of sp³-hybridized carbons (Fsp3) is 0.375. The van der Waals surface area contributed by atoms with Crippen molar-refractivity contribution in [2.75, 3.05) is 7.11 Å². The van der Waals surface area contributed by atoms with Gasteiger partial charge in [0.25, 0.3) is 5.88 Å². The van der Waals surface area contributed by atoms with Crippen LogP contribution in [0.5, 0.6) is 11.6 Å². The van der Waals surface area contributed by atoms with Gasteiger partial charge in [-0.25, -0.2) is 4.98 Å². The lowest BCUT2D eigenvalue weighted by Crippen LogP contribution is -2.20. The molecule has 0 saturated carbocycles. The summed E-state index contributed by atoms with van der Waals surface area (Å²) in [5.41, 5.74) is -1.36. The molecule has 1 rings (SSSR count). The normalized spacial score (nSPS) is 12.4. The molecule has 1 aromatic heterocycles. The molecule has 3 nitrogen and oxygen atoms in total. The number of alkyl halides is 6. The van der Waals surface area contributed by atoms with E-state index in [2.05, 4.69) is 14.5 Å². The number of halogens is 7. The summed E-state index contributed by atoms with van der Waals surface area (Å²) in [6.45, 7) is 0. The molecule has 0 unspecified atom stereocenters. The molecule has 0 fully saturated rings. The first-order valence-electron chi connectivity index (χ1n) is 4.11. The topological polar surface area (TPSA) is 31.4 Å². The number of hydrogen-bond acceptors (Lipinski definition) is 3. The van der Waals surface area contributed by atoms with Crippen molar-refractivity contribution < 1.29 is 35.8 Å². The van der Waals surface area contributed by atoms with Gasteiger partial charge in [0.1, 0.15) is 5.56 Å². The average Bonchev–Trinajstić information content (AvgIpc) is 2.16. The summed E-state index contributed by atoms with van der Waals surface area (Å²) < 4.78 is 81.2. The van der Waals surface area contributed by atoms with Gasteiger partial charge in [0, 0.05) is 9.77 Å². The predicted molar refractivity (Wildman–Crippen MR) is 55.2 cm³/mol. The molecule has 0 N–H and O–H groups in total. The van der Waals surface area contributed by atoms with E-state index in [1.807, 2.05) is 0 Å². The molecule has 0 bridgehead atoms. The Kier molecular flexibility index (Phi) is 4.18. The highest BCUT2D eigenvalue weighted by Crippen LogP contribution is 2.44. The van der Waals surface area contributed by atoms with Crippen LogP contribution >= 0.6 is 22.6 Å². The van der Waals surface area contributed by atoms with Gasteiger partial charge in [-0.2, -0.15) is 13.2 Å². The summed E-state index contributed by atoms with van der Waals surface area (Å²) in [5, 5.41) is 0. The molecule has 0 aliphatic heterocycles. The zero-order chi connectivity index (χ0) is 14.1. The number of aromatic nitrogens is 1. The fourth-order valence-electron chi connectivity index (χ4n) is 1.09. The van der Waals surface area contributed by atoms with Crippen LogP contribution < -0.4 is 9.47 Å². The molecule has 102 valence electrons. The summed E-state index contributed by atoms with van der Waals surface area (Å²) in [6, 6.07) is 0. The number of rotatable bonds is 2. The minimum absolute atomic E-state index is 0.397. The van der Waals surface area contributed by atoms with Gasteiger partial charge in [0.15, 0.2) is 5.75 Å². The average molecular weight is 387 g/mol. The summed E-state index contributed by atoms with van der Waals surface area (Å²) in [7, 11) is 0.797. The van der Waals surface area contributed by atoms with Gasteiger partial charge < -0.3 is 9.47 Å². The molecule has 0 aromatic carbocycles. The molecular formula is C8H4F6INO2. The number of methoxy groups -OCH3 is 1. The number of nitrogens with zero attached hydrogens (tertiary/aromatic N) is 1. The zero-order valence-corrected chi connectivity index (χ0v) is 10.6. The van der Waals surface area contributed by atoms with Crippen molar-refractivity contribution in [2.45, 2.75) is 12.5 Å². The molecule has 0 saturated heterocycles. The third kappa shape index (κ3) is 3.53. The molecule has 0 atom stereocenters. The van der Waals surface area contributed by atoms with E-state index in [9.17, 15) is 26.3 Å². The van der Waals surface area contributed by atoms with Crippen LogP contribution in [0, 0.1) is 3.57 Å². The van der Waals surface area contributed by atoms with E-state index in [0.29, 0.717) is 6.20 Å². The second-order valence-electron chi connectivity index (χ2n) is 2.87. The third-order valence-corrected chi connectivity index (χ3v) is 2.47. The fourth-order valence-corrected chi connectivity index (χ4v) is 1.78. The maximum Gasteiger partial charge on any atom is 0.574 e. The first-order chi connectivity index (χ1) is 8.06. The number of pyridine rings is 1. The lowest BCUT2D eigenvalue weighted by molar-refractivity contribution is -0.276. The van der Waals surface area contributed by atoms with Gasteiger partial charge in [-0.05, 0) is 22.6 Å².